The zero-order valence-electron chi connectivity index (χ0n) is 17.4. The van der Waals surface area contributed by atoms with E-state index < -0.39 is 5.60 Å². The van der Waals surface area contributed by atoms with Gasteiger partial charge in [0, 0.05) is 22.4 Å². The number of carbonyl (C=O) groups is 1. The molecule has 8 heteroatoms. The summed E-state index contributed by atoms with van der Waals surface area (Å²) in [5.74, 6) is 1.17. The van der Waals surface area contributed by atoms with Gasteiger partial charge in [-0.15, -0.1) is 0 Å². The fraction of sp³-hybridized carbons (Fsp3) is 0.429. The van der Waals surface area contributed by atoms with Crippen molar-refractivity contribution in [3.63, 3.8) is 0 Å². The number of rotatable bonds is 5. The summed E-state index contributed by atoms with van der Waals surface area (Å²) in [7, 11) is 1.53. The summed E-state index contributed by atoms with van der Waals surface area (Å²) < 4.78 is 17.4. The molecule has 3 rings (SSSR count). The number of ether oxygens (including phenoxy) is 3. The summed E-state index contributed by atoms with van der Waals surface area (Å²) in [5, 5.41) is 9.84. The van der Waals surface area contributed by atoms with Gasteiger partial charge in [-0.3, -0.25) is 4.79 Å². The van der Waals surface area contributed by atoms with E-state index in [1.165, 1.54) is 7.11 Å². The average Bonchev–Trinajstić information content (AvgIpc) is 2.85. The maximum atomic E-state index is 13.0. The molecule has 0 bridgehead atoms. The van der Waals surface area contributed by atoms with Crippen LogP contribution in [-0.4, -0.2) is 48.5 Å². The van der Waals surface area contributed by atoms with E-state index in [2.05, 4.69) is 20.9 Å². The number of nitrogens with zero attached hydrogens (tertiary/aromatic N) is 2. The van der Waals surface area contributed by atoms with Crippen LogP contribution in [0.1, 0.15) is 38.2 Å². The second-order valence-corrected chi connectivity index (χ2v) is 7.66. The van der Waals surface area contributed by atoms with Crippen molar-refractivity contribution >= 4 is 27.5 Å². The van der Waals surface area contributed by atoms with Crippen molar-refractivity contribution in [2.75, 3.05) is 31.8 Å². The molecule has 29 heavy (non-hydrogen) atoms. The monoisotopic (exact) mass is 466 g/mol. The third-order valence-corrected chi connectivity index (χ3v) is 4.31. The predicted octanol–water partition coefficient (Wildman–Crippen LogP) is 4.07. The van der Waals surface area contributed by atoms with Gasteiger partial charge in [-0.05, 0) is 48.0 Å². The number of methoxy groups -OCH3 is 1. The van der Waals surface area contributed by atoms with Gasteiger partial charge in [0.2, 0.25) is 0 Å². The molecule has 0 radical (unpaired) electrons. The standard InChI is InChI=1S/C19H21BrN2O5.C2H6/c1-19(2,24)11-27-14-5-4-13(9-15(14)25-3)22-6-7-26-16-8-12(20)10-21-17(16)18(22)23;1-2/h4-5,8-10,24H,6-7,11H2,1-3H3;1-2H3. The summed E-state index contributed by atoms with van der Waals surface area (Å²) >= 11 is 3.34. The maximum Gasteiger partial charge on any atom is 0.280 e. The molecule has 7 nitrogen and oxygen atoms in total. The first-order valence-electron chi connectivity index (χ1n) is 9.42. The molecular formula is C21H27BrN2O5. The van der Waals surface area contributed by atoms with Gasteiger partial charge in [-0.1, -0.05) is 13.8 Å². The predicted molar refractivity (Wildman–Crippen MR) is 115 cm³/mol. The van der Waals surface area contributed by atoms with E-state index >= 15 is 0 Å². The Kier molecular flexibility index (Phi) is 7.87. The Labute approximate surface area is 179 Å². The van der Waals surface area contributed by atoms with Crippen molar-refractivity contribution in [2.45, 2.75) is 33.3 Å². The minimum Gasteiger partial charge on any atom is -0.493 e. The smallest absolute Gasteiger partial charge is 0.280 e. The van der Waals surface area contributed by atoms with Crippen LogP contribution in [0.4, 0.5) is 5.69 Å². The Morgan fingerprint density at radius 2 is 2.00 bits per heavy atom. The van der Waals surface area contributed by atoms with Gasteiger partial charge in [0.05, 0.1) is 19.3 Å². The highest BCUT2D eigenvalue weighted by Crippen LogP contribution is 2.34. The van der Waals surface area contributed by atoms with Crippen molar-refractivity contribution in [3.05, 3.63) is 40.6 Å². The largest absolute Gasteiger partial charge is 0.493 e. The van der Waals surface area contributed by atoms with Crippen LogP contribution in [0, 0.1) is 0 Å². The second-order valence-electron chi connectivity index (χ2n) is 6.74. The topological polar surface area (TPSA) is 81.1 Å². The number of pyridine rings is 1. The Balaban J connectivity index is 0.00000145. The van der Waals surface area contributed by atoms with E-state index in [0.717, 1.165) is 4.47 Å². The normalized spacial score (nSPS) is 13.5. The van der Waals surface area contributed by atoms with Crippen LogP contribution in [0.25, 0.3) is 0 Å². The van der Waals surface area contributed by atoms with Gasteiger partial charge in [-0.2, -0.15) is 0 Å². The van der Waals surface area contributed by atoms with E-state index in [-0.39, 0.29) is 18.2 Å². The number of benzene rings is 1. The molecule has 1 amide bonds. The Morgan fingerprint density at radius 3 is 2.66 bits per heavy atom. The van der Waals surface area contributed by atoms with E-state index in [4.69, 9.17) is 14.2 Å². The zero-order valence-corrected chi connectivity index (χ0v) is 18.9. The van der Waals surface area contributed by atoms with Crippen molar-refractivity contribution in [1.82, 2.24) is 4.98 Å². The van der Waals surface area contributed by atoms with Crippen molar-refractivity contribution in [2.24, 2.45) is 0 Å². The Hall–Kier alpha value is -2.32. The highest BCUT2D eigenvalue weighted by molar-refractivity contribution is 9.10. The molecule has 2 heterocycles. The molecule has 158 valence electrons. The average molecular weight is 467 g/mol. The first kappa shape index (κ1) is 23.0. The molecule has 0 saturated heterocycles. The van der Waals surface area contributed by atoms with E-state index in [0.29, 0.717) is 36.1 Å². The minimum atomic E-state index is -0.967. The molecule has 0 aliphatic carbocycles. The van der Waals surface area contributed by atoms with Crippen LogP contribution in [0.5, 0.6) is 17.2 Å². The lowest BCUT2D eigenvalue weighted by molar-refractivity contribution is 0.0276. The summed E-state index contributed by atoms with van der Waals surface area (Å²) in [6, 6.07) is 6.94. The maximum absolute atomic E-state index is 13.0. The van der Waals surface area contributed by atoms with Crippen LogP contribution in [0.2, 0.25) is 0 Å². The number of anilines is 1. The summed E-state index contributed by atoms with van der Waals surface area (Å²) in [5.41, 5.74) is -0.0588. The SMILES string of the molecule is CC.COc1cc(N2CCOc3cc(Br)cnc3C2=O)ccc1OCC(C)(C)O. The van der Waals surface area contributed by atoms with Gasteiger partial charge >= 0.3 is 0 Å². The van der Waals surface area contributed by atoms with E-state index in [1.807, 2.05) is 13.8 Å². The number of aromatic nitrogens is 1. The number of halogens is 1. The fourth-order valence-electron chi connectivity index (χ4n) is 2.61. The van der Waals surface area contributed by atoms with Gasteiger partial charge in [-0.25, -0.2) is 4.98 Å². The lowest BCUT2D eigenvalue weighted by Gasteiger charge is -2.22. The van der Waals surface area contributed by atoms with Gasteiger partial charge in [0.25, 0.3) is 5.91 Å². The Morgan fingerprint density at radius 1 is 1.28 bits per heavy atom. The Bertz CT molecular complexity index is 851. The summed E-state index contributed by atoms with van der Waals surface area (Å²) in [6.07, 6.45) is 1.57. The van der Waals surface area contributed by atoms with Crippen LogP contribution in [0.15, 0.2) is 34.9 Å². The lowest BCUT2D eigenvalue weighted by atomic mass is 10.1. The number of hydrogen-bond acceptors (Lipinski definition) is 6. The second kappa shape index (κ2) is 9.93. The molecule has 1 aromatic heterocycles. The van der Waals surface area contributed by atoms with Crippen molar-refractivity contribution in [3.8, 4) is 17.2 Å². The van der Waals surface area contributed by atoms with Gasteiger partial charge in [0.1, 0.15) is 13.2 Å². The molecular weight excluding hydrogens is 440 g/mol. The molecule has 0 unspecified atom stereocenters. The number of fused-ring (bicyclic) bond motifs is 1. The third kappa shape index (κ3) is 5.83. The third-order valence-electron chi connectivity index (χ3n) is 3.88. The molecule has 1 aliphatic heterocycles. The molecule has 1 aliphatic rings. The molecule has 0 saturated carbocycles. The van der Waals surface area contributed by atoms with Gasteiger partial charge < -0.3 is 24.2 Å². The van der Waals surface area contributed by atoms with Crippen molar-refractivity contribution < 1.29 is 24.1 Å². The fourth-order valence-corrected chi connectivity index (χ4v) is 2.92. The highest BCUT2D eigenvalue weighted by Gasteiger charge is 2.27. The van der Waals surface area contributed by atoms with E-state index in [9.17, 15) is 9.90 Å². The van der Waals surface area contributed by atoms with Crippen LogP contribution in [0.3, 0.4) is 0 Å². The molecule has 0 fully saturated rings. The molecule has 0 spiro atoms. The zero-order chi connectivity index (χ0) is 21.6. The number of amides is 1. The van der Waals surface area contributed by atoms with Crippen LogP contribution >= 0.6 is 15.9 Å². The molecule has 0 atom stereocenters. The number of carbonyl (C=O) groups excluding carboxylic acids is 1. The first-order chi connectivity index (χ1) is 13.8. The summed E-state index contributed by atoms with van der Waals surface area (Å²) in [4.78, 5) is 18.8. The minimum absolute atomic E-state index is 0.116. The summed E-state index contributed by atoms with van der Waals surface area (Å²) in [6.45, 7) is 8.15. The van der Waals surface area contributed by atoms with E-state index in [1.54, 1.807) is 49.2 Å². The quantitative estimate of drug-likeness (QED) is 0.714. The highest BCUT2D eigenvalue weighted by atomic mass is 79.9. The van der Waals surface area contributed by atoms with Crippen molar-refractivity contribution in [1.29, 1.82) is 0 Å². The number of hydrogen-bond donors (Lipinski definition) is 1. The lowest BCUT2D eigenvalue weighted by Crippen LogP contribution is -2.32. The molecule has 1 N–H and O–H groups in total. The molecule has 1 aromatic carbocycles. The van der Waals surface area contributed by atoms with Crippen LogP contribution < -0.4 is 19.1 Å². The first-order valence-corrected chi connectivity index (χ1v) is 10.2. The van der Waals surface area contributed by atoms with Gasteiger partial charge in [0.15, 0.2) is 22.9 Å². The number of aliphatic hydroxyl groups is 1. The van der Waals surface area contributed by atoms with Crippen LogP contribution in [-0.2, 0) is 0 Å². The molecule has 2 aromatic rings.